The number of aliphatic carboxylic acids is 1. The molecule has 5 aliphatic rings. The number of rotatable bonds is 7. The molecule has 1 saturated heterocycles. The molecule has 8 atom stereocenters. The summed E-state index contributed by atoms with van der Waals surface area (Å²) in [5.41, 5.74) is 1.66. The molecule has 1 heterocycles. The predicted octanol–water partition coefficient (Wildman–Crippen LogP) is 5.24. The van der Waals surface area contributed by atoms with E-state index in [9.17, 15) is 19.8 Å². The topological polar surface area (TPSA) is 117 Å². The van der Waals surface area contributed by atoms with E-state index in [-0.39, 0.29) is 41.3 Å². The van der Waals surface area contributed by atoms with E-state index in [1.807, 2.05) is 13.8 Å². The first kappa shape index (κ1) is 29.6. The van der Waals surface area contributed by atoms with Crippen molar-refractivity contribution in [1.29, 1.82) is 0 Å². The molecule has 0 aromatic heterocycles. The second kappa shape index (κ2) is 10.7. The lowest BCUT2D eigenvalue weighted by molar-refractivity contribution is -0.139. The van der Waals surface area contributed by atoms with Crippen LogP contribution in [-0.2, 0) is 19.2 Å². The van der Waals surface area contributed by atoms with Gasteiger partial charge in [0.2, 0.25) is 0 Å². The molecule has 1 amide bonds. The fourth-order valence-electron chi connectivity index (χ4n) is 9.45. The highest BCUT2D eigenvalue weighted by Gasteiger charge is 2.62. The summed E-state index contributed by atoms with van der Waals surface area (Å²) >= 11 is 0. The van der Waals surface area contributed by atoms with E-state index in [0.717, 1.165) is 50.7 Å². The first-order valence-corrected chi connectivity index (χ1v) is 15.5. The minimum atomic E-state index is -0.928. The fourth-order valence-corrected chi connectivity index (χ4v) is 9.45. The van der Waals surface area contributed by atoms with Crippen molar-refractivity contribution in [2.24, 2.45) is 39.7 Å². The van der Waals surface area contributed by atoms with Crippen molar-refractivity contribution in [1.82, 2.24) is 5.32 Å². The lowest BCUT2D eigenvalue weighted by Gasteiger charge is -2.59. The summed E-state index contributed by atoms with van der Waals surface area (Å²) < 4.78 is 5.77. The highest BCUT2D eigenvalue weighted by Crippen LogP contribution is 2.67. The highest BCUT2D eigenvalue weighted by atomic mass is 16.6. The number of fused-ring (bicyclic) bond motifs is 5. The van der Waals surface area contributed by atoms with Gasteiger partial charge in [-0.05, 0) is 126 Å². The van der Waals surface area contributed by atoms with Gasteiger partial charge >= 0.3 is 5.97 Å². The van der Waals surface area contributed by atoms with Crippen LogP contribution in [0.15, 0.2) is 16.8 Å². The molecule has 0 aromatic carbocycles. The Hall–Kier alpha value is -1.93. The zero-order valence-electron chi connectivity index (χ0n) is 25.1. The number of ether oxygens (including phenoxy) is 1. The molecule has 4 fully saturated rings. The summed E-state index contributed by atoms with van der Waals surface area (Å²) in [7, 11) is 0. The van der Waals surface area contributed by atoms with Crippen LogP contribution in [0.5, 0.6) is 0 Å². The van der Waals surface area contributed by atoms with Crippen LogP contribution in [0.25, 0.3) is 0 Å². The Morgan fingerprint density at radius 2 is 1.82 bits per heavy atom. The summed E-state index contributed by atoms with van der Waals surface area (Å²) in [6.45, 7) is 11.2. The Morgan fingerprint density at radius 3 is 2.55 bits per heavy atom. The number of hydrogen-bond donors (Lipinski definition) is 3. The maximum Gasteiger partial charge on any atom is 0.305 e. The van der Waals surface area contributed by atoms with Gasteiger partial charge in [0.15, 0.2) is 6.61 Å². The second-order valence-corrected chi connectivity index (χ2v) is 14.8. The monoisotopic (exact) mass is 558 g/mol. The summed E-state index contributed by atoms with van der Waals surface area (Å²) in [5.74, 6) is 0.699. The van der Waals surface area contributed by atoms with Crippen molar-refractivity contribution in [3.05, 3.63) is 11.6 Å². The molecule has 0 spiro atoms. The first-order chi connectivity index (χ1) is 18.7. The van der Waals surface area contributed by atoms with E-state index in [1.54, 1.807) is 0 Å². The normalized spacial score (nSPS) is 42.1. The molecule has 5 rings (SSSR count). The maximum atomic E-state index is 12.7. The molecule has 1 aliphatic heterocycles. The number of carbonyl (C=O) groups is 2. The van der Waals surface area contributed by atoms with Crippen LogP contribution in [-0.4, -0.2) is 58.3 Å². The number of oxime groups is 1. The van der Waals surface area contributed by atoms with Crippen molar-refractivity contribution in [3.8, 4) is 0 Å². The fraction of sp³-hybridized carbons (Fsp3) is 0.844. The predicted molar refractivity (Wildman–Crippen MR) is 153 cm³/mol. The maximum absolute atomic E-state index is 12.7. The minimum Gasteiger partial charge on any atom is -0.481 e. The van der Waals surface area contributed by atoms with Crippen LogP contribution in [0.1, 0.15) is 105 Å². The van der Waals surface area contributed by atoms with Gasteiger partial charge in [-0.3, -0.25) is 9.59 Å². The number of carboxylic acids is 1. The average molecular weight is 559 g/mol. The van der Waals surface area contributed by atoms with Crippen LogP contribution >= 0.6 is 0 Å². The van der Waals surface area contributed by atoms with Crippen molar-refractivity contribution in [2.45, 2.75) is 122 Å². The third-order valence-corrected chi connectivity index (χ3v) is 12.0. The van der Waals surface area contributed by atoms with Crippen molar-refractivity contribution < 1.29 is 29.4 Å². The highest BCUT2D eigenvalue weighted by molar-refractivity contribution is 5.96. The Labute approximate surface area is 239 Å². The number of carboxylic acid groups (broad SMARTS) is 1. The Balaban J connectivity index is 1.19. The van der Waals surface area contributed by atoms with Crippen molar-refractivity contribution >= 4 is 17.6 Å². The number of aliphatic hydroxyl groups is 1. The molecule has 3 N–H and O–H groups in total. The van der Waals surface area contributed by atoms with Crippen molar-refractivity contribution in [3.63, 3.8) is 0 Å². The molecule has 40 heavy (non-hydrogen) atoms. The summed E-state index contributed by atoms with van der Waals surface area (Å²) in [4.78, 5) is 29.7. The van der Waals surface area contributed by atoms with E-state index in [4.69, 9.17) is 9.57 Å². The zero-order valence-corrected chi connectivity index (χ0v) is 25.1. The minimum absolute atomic E-state index is 0.0336. The molecule has 0 bridgehead atoms. The van der Waals surface area contributed by atoms with Crippen LogP contribution < -0.4 is 5.32 Å². The SMILES string of the molecule is CC1(C)C[C@@H]([C@@H](CC(=O)O)NC(=O)CO/N=C2\C=C3CC[C@@H]4[C@H](CC[C@@]5(C)[C@H]4CC[C@]5(C)O)[C@@]3(C)CC2)CCO1. The summed E-state index contributed by atoms with van der Waals surface area (Å²) in [6, 6.07) is -0.460. The molecular weight excluding hydrogens is 508 g/mol. The largest absolute Gasteiger partial charge is 0.481 e. The van der Waals surface area contributed by atoms with Crippen LogP contribution in [0.2, 0.25) is 0 Å². The molecule has 3 saturated carbocycles. The van der Waals surface area contributed by atoms with E-state index in [2.05, 4.69) is 37.3 Å². The van der Waals surface area contributed by atoms with Crippen LogP contribution in [0.3, 0.4) is 0 Å². The average Bonchev–Trinajstić information content (AvgIpc) is 3.11. The van der Waals surface area contributed by atoms with E-state index >= 15 is 0 Å². The summed E-state index contributed by atoms with van der Waals surface area (Å²) in [6.07, 6.45) is 11.9. The number of nitrogens with one attached hydrogen (secondary N) is 1. The molecule has 8 nitrogen and oxygen atoms in total. The number of allylic oxidation sites excluding steroid dienone is 2. The Bertz CT molecular complexity index is 1070. The summed E-state index contributed by atoms with van der Waals surface area (Å²) in [5, 5.41) is 27.8. The molecule has 8 heteroatoms. The number of amides is 1. The van der Waals surface area contributed by atoms with Gasteiger partial charge in [-0.15, -0.1) is 0 Å². The molecule has 0 radical (unpaired) electrons. The lowest BCUT2D eigenvalue weighted by Crippen LogP contribution is -2.53. The van der Waals surface area contributed by atoms with Gasteiger partial charge in [-0.2, -0.15) is 0 Å². The number of nitrogens with zero attached hydrogens (tertiary/aromatic N) is 1. The molecule has 0 aromatic rings. The second-order valence-electron chi connectivity index (χ2n) is 14.8. The van der Waals surface area contributed by atoms with E-state index in [0.29, 0.717) is 30.8 Å². The number of carbonyl (C=O) groups excluding carboxylic acids is 1. The van der Waals surface area contributed by atoms with E-state index < -0.39 is 17.6 Å². The van der Waals surface area contributed by atoms with Crippen molar-refractivity contribution in [2.75, 3.05) is 13.2 Å². The van der Waals surface area contributed by atoms with Gasteiger partial charge < -0.3 is 25.1 Å². The first-order valence-electron chi connectivity index (χ1n) is 15.5. The third kappa shape index (κ3) is 5.47. The zero-order chi connectivity index (χ0) is 28.9. The standard InChI is InChI=1S/C32H50N2O6/c1-29(2)18-20(11-15-39-29)26(17-28(36)37)33-27(35)19-40-34-22-8-12-30(3)21(16-22)6-7-23-24(30)9-13-31(4)25(23)10-14-32(31,5)38/h16,20,23-26,38H,6-15,17-19H2,1-5H3,(H,33,35)(H,36,37)/b34-22-/t20-,23+,24-,25-,26+,30-,31-,32-/m0/s1. The van der Waals surface area contributed by atoms with Gasteiger partial charge in [-0.1, -0.05) is 24.6 Å². The van der Waals surface area contributed by atoms with Gasteiger partial charge in [0.1, 0.15) is 0 Å². The lowest BCUT2D eigenvalue weighted by atomic mass is 9.46. The van der Waals surface area contributed by atoms with Gasteiger partial charge in [-0.25, -0.2) is 0 Å². The van der Waals surface area contributed by atoms with Crippen LogP contribution in [0, 0.1) is 34.5 Å². The molecular formula is C32H50N2O6. The number of hydrogen-bond acceptors (Lipinski definition) is 6. The smallest absolute Gasteiger partial charge is 0.305 e. The van der Waals surface area contributed by atoms with Crippen LogP contribution in [0.4, 0.5) is 0 Å². The Morgan fingerprint density at radius 1 is 1.07 bits per heavy atom. The molecule has 224 valence electrons. The van der Waals surface area contributed by atoms with Gasteiger partial charge in [0.05, 0.1) is 23.3 Å². The Kier molecular flexibility index (Phi) is 7.92. The third-order valence-electron chi connectivity index (χ3n) is 12.0. The molecule has 4 aliphatic carbocycles. The van der Waals surface area contributed by atoms with Gasteiger partial charge in [0.25, 0.3) is 5.91 Å². The quantitative estimate of drug-likeness (QED) is 0.368. The van der Waals surface area contributed by atoms with E-state index in [1.165, 1.54) is 18.4 Å². The van der Waals surface area contributed by atoms with Gasteiger partial charge in [0, 0.05) is 12.6 Å². The molecule has 0 unspecified atom stereocenters.